The third-order valence-electron chi connectivity index (χ3n) is 6.05. The molecule has 1 saturated heterocycles. The maximum Gasteiger partial charge on any atom is 0.227 e. The third kappa shape index (κ3) is 5.81. The van der Waals surface area contributed by atoms with E-state index in [9.17, 15) is 9.59 Å². The molecule has 32 heavy (non-hydrogen) atoms. The van der Waals surface area contributed by atoms with E-state index in [1.807, 2.05) is 13.0 Å². The number of carbonyl (C=O) groups excluding carboxylic acids is 2. The van der Waals surface area contributed by atoms with Crippen molar-refractivity contribution >= 4 is 29.1 Å². The summed E-state index contributed by atoms with van der Waals surface area (Å²) in [6, 6.07) is 15.9. The zero-order valence-corrected chi connectivity index (χ0v) is 19.2. The molecule has 1 atom stereocenters. The second kappa shape index (κ2) is 10.4. The highest BCUT2D eigenvalue weighted by molar-refractivity contribution is 6.31. The number of carbonyl (C=O) groups is 2. The zero-order valence-electron chi connectivity index (χ0n) is 18.4. The van der Waals surface area contributed by atoms with Gasteiger partial charge in [0.05, 0.1) is 12.2 Å². The van der Waals surface area contributed by atoms with Gasteiger partial charge in [-0.05, 0) is 43.5 Å². The average molecular weight is 456 g/mol. The highest BCUT2D eigenvalue weighted by Gasteiger charge is 2.28. The van der Waals surface area contributed by atoms with Crippen LogP contribution in [0.5, 0.6) is 5.75 Å². The number of hydrogen-bond donors (Lipinski definition) is 1. The average Bonchev–Trinajstić information content (AvgIpc) is 2.79. The van der Waals surface area contributed by atoms with E-state index in [4.69, 9.17) is 16.3 Å². The number of benzene rings is 2. The number of nitrogens with zero attached hydrogens (tertiary/aromatic N) is 2. The Bertz CT molecular complexity index is 945. The number of piperidine rings is 1. The fourth-order valence-electron chi connectivity index (χ4n) is 4.38. The molecule has 2 aliphatic heterocycles. The van der Waals surface area contributed by atoms with Gasteiger partial charge in [-0.2, -0.15) is 0 Å². The minimum atomic E-state index is -0.109. The van der Waals surface area contributed by atoms with Gasteiger partial charge in [0.2, 0.25) is 11.8 Å². The molecule has 1 fully saturated rings. The number of nitrogens with one attached hydrogen (secondary N) is 1. The molecule has 2 aromatic carbocycles. The van der Waals surface area contributed by atoms with E-state index in [-0.39, 0.29) is 36.8 Å². The summed E-state index contributed by atoms with van der Waals surface area (Å²) in [4.78, 5) is 29.5. The smallest absolute Gasteiger partial charge is 0.227 e. The van der Waals surface area contributed by atoms with Gasteiger partial charge in [-0.1, -0.05) is 41.9 Å². The van der Waals surface area contributed by atoms with Crippen molar-refractivity contribution in [3.8, 4) is 5.75 Å². The lowest BCUT2D eigenvalue weighted by atomic mass is 10.0. The minimum Gasteiger partial charge on any atom is -0.487 e. The van der Waals surface area contributed by atoms with E-state index < -0.39 is 0 Å². The van der Waals surface area contributed by atoms with Gasteiger partial charge in [-0.25, -0.2) is 0 Å². The monoisotopic (exact) mass is 455 g/mol. The topological polar surface area (TPSA) is 61.9 Å². The normalized spacial score (nSPS) is 19.2. The summed E-state index contributed by atoms with van der Waals surface area (Å²) >= 11 is 6.11. The van der Waals surface area contributed by atoms with Crippen molar-refractivity contribution in [2.24, 2.45) is 0 Å². The van der Waals surface area contributed by atoms with Gasteiger partial charge in [-0.3, -0.25) is 14.5 Å². The molecule has 170 valence electrons. The summed E-state index contributed by atoms with van der Waals surface area (Å²) in [7, 11) is 0. The highest BCUT2D eigenvalue weighted by atomic mass is 35.5. The molecule has 0 spiro atoms. The molecule has 0 radical (unpaired) electrons. The molecular weight excluding hydrogens is 426 g/mol. The SMILES string of the molecule is C[C@@H]1CN(C(=O)CCC(=O)NC2CCN(Cc3ccccc3)CC2)c2cc(Cl)ccc2O1. The number of fused-ring (bicyclic) bond motifs is 1. The van der Waals surface area contributed by atoms with Gasteiger partial charge >= 0.3 is 0 Å². The second-order valence-corrected chi connectivity index (χ2v) is 9.08. The molecule has 0 bridgehead atoms. The third-order valence-corrected chi connectivity index (χ3v) is 6.28. The predicted molar refractivity (Wildman–Crippen MR) is 126 cm³/mol. The molecule has 1 N–H and O–H groups in total. The molecule has 4 rings (SSSR count). The number of anilines is 1. The number of ether oxygens (including phenoxy) is 1. The molecular formula is C25H30ClN3O3. The van der Waals surface area contributed by atoms with Gasteiger partial charge in [-0.15, -0.1) is 0 Å². The Morgan fingerprint density at radius 2 is 1.84 bits per heavy atom. The van der Waals surface area contributed by atoms with Crippen LogP contribution in [0.15, 0.2) is 48.5 Å². The summed E-state index contributed by atoms with van der Waals surface area (Å²) in [6.07, 6.45) is 2.10. The first kappa shape index (κ1) is 22.6. The first-order chi connectivity index (χ1) is 15.5. The molecule has 2 heterocycles. The Kier molecular flexibility index (Phi) is 7.33. The summed E-state index contributed by atoms with van der Waals surface area (Å²) < 4.78 is 5.80. The Morgan fingerprint density at radius 3 is 2.59 bits per heavy atom. The standard InChI is InChI=1S/C25H30ClN3O3/c1-18-16-29(22-15-20(26)7-8-23(22)32-18)25(31)10-9-24(30)27-21-11-13-28(14-12-21)17-19-5-3-2-4-6-19/h2-8,15,18,21H,9-14,16-17H2,1H3,(H,27,30)/t18-/m1/s1. The Hall–Kier alpha value is -2.57. The van der Waals surface area contributed by atoms with Gasteiger partial charge in [0.25, 0.3) is 0 Å². The van der Waals surface area contributed by atoms with Crippen molar-refractivity contribution in [2.75, 3.05) is 24.5 Å². The highest BCUT2D eigenvalue weighted by Crippen LogP contribution is 2.36. The minimum absolute atomic E-state index is 0.0625. The summed E-state index contributed by atoms with van der Waals surface area (Å²) in [6.45, 7) is 5.24. The van der Waals surface area contributed by atoms with E-state index in [0.717, 1.165) is 32.5 Å². The molecule has 0 aliphatic carbocycles. The van der Waals surface area contributed by atoms with E-state index in [1.54, 1.807) is 23.1 Å². The maximum absolute atomic E-state index is 12.9. The van der Waals surface area contributed by atoms with Crippen molar-refractivity contribution in [1.29, 1.82) is 0 Å². The number of rotatable bonds is 6. The van der Waals surface area contributed by atoms with Crippen LogP contribution in [0.4, 0.5) is 5.69 Å². The Morgan fingerprint density at radius 1 is 1.09 bits per heavy atom. The quantitative estimate of drug-likeness (QED) is 0.714. The van der Waals surface area contributed by atoms with E-state index in [1.165, 1.54) is 5.56 Å². The molecule has 2 aromatic rings. The first-order valence-corrected chi connectivity index (χ1v) is 11.7. The number of likely N-dealkylation sites (tertiary alicyclic amines) is 1. The number of amides is 2. The van der Waals surface area contributed by atoms with Crippen molar-refractivity contribution in [2.45, 2.75) is 51.3 Å². The van der Waals surface area contributed by atoms with Crippen LogP contribution in [-0.2, 0) is 16.1 Å². The fraction of sp³-hybridized carbons (Fsp3) is 0.440. The van der Waals surface area contributed by atoms with Crippen LogP contribution >= 0.6 is 11.6 Å². The van der Waals surface area contributed by atoms with Crippen molar-refractivity contribution in [1.82, 2.24) is 10.2 Å². The summed E-state index contributed by atoms with van der Waals surface area (Å²) in [5, 5.41) is 3.67. The zero-order chi connectivity index (χ0) is 22.5. The number of halogens is 1. The lowest BCUT2D eigenvalue weighted by Crippen LogP contribution is -2.45. The summed E-state index contributed by atoms with van der Waals surface area (Å²) in [5.74, 6) is 0.497. The largest absolute Gasteiger partial charge is 0.487 e. The van der Waals surface area contributed by atoms with Crippen molar-refractivity contribution in [3.05, 3.63) is 59.1 Å². The molecule has 0 saturated carbocycles. The van der Waals surface area contributed by atoms with Crippen molar-refractivity contribution in [3.63, 3.8) is 0 Å². The Balaban J connectivity index is 1.23. The van der Waals surface area contributed by atoms with E-state index >= 15 is 0 Å². The maximum atomic E-state index is 12.9. The van der Waals surface area contributed by atoms with E-state index in [0.29, 0.717) is 23.0 Å². The van der Waals surface area contributed by atoms with E-state index in [2.05, 4.69) is 34.5 Å². The number of hydrogen-bond acceptors (Lipinski definition) is 4. The fourth-order valence-corrected chi connectivity index (χ4v) is 4.55. The molecule has 2 amide bonds. The van der Waals surface area contributed by atoms with Gasteiger partial charge in [0.15, 0.2) is 0 Å². The van der Waals surface area contributed by atoms with Crippen LogP contribution < -0.4 is 15.0 Å². The van der Waals surface area contributed by atoms with Crippen LogP contribution in [0, 0.1) is 0 Å². The van der Waals surface area contributed by atoms with Crippen molar-refractivity contribution < 1.29 is 14.3 Å². The van der Waals surface area contributed by atoms with Gasteiger partial charge in [0, 0.05) is 43.5 Å². The summed E-state index contributed by atoms with van der Waals surface area (Å²) in [5.41, 5.74) is 1.99. The second-order valence-electron chi connectivity index (χ2n) is 8.65. The van der Waals surface area contributed by atoms with Crippen LogP contribution in [0.2, 0.25) is 5.02 Å². The first-order valence-electron chi connectivity index (χ1n) is 11.3. The van der Waals surface area contributed by atoms with Crippen LogP contribution in [-0.4, -0.2) is 48.5 Å². The van der Waals surface area contributed by atoms with Crippen LogP contribution in [0.25, 0.3) is 0 Å². The molecule has 6 nitrogen and oxygen atoms in total. The van der Waals surface area contributed by atoms with Crippen LogP contribution in [0.1, 0.15) is 38.2 Å². The van der Waals surface area contributed by atoms with Gasteiger partial charge in [0.1, 0.15) is 11.9 Å². The van der Waals surface area contributed by atoms with Gasteiger partial charge < -0.3 is 15.0 Å². The predicted octanol–water partition coefficient (Wildman–Crippen LogP) is 4.01. The Labute approximate surface area is 194 Å². The molecule has 0 unspecified atom stereocenters. The molecule has 2 aliphatic rings. The lowest BCUT2D eigenvalue weighted by Gasteiger charge is -2.34. The van der Waals surface area contributed by atoms with Crippen LogP contribution in [0.3, 0.4) is 0 Å². The lowest BCUT2D eigenvalue weighted by molar-refractivity contribution is -0.126. The molecule has 0 aromatic heterocycles. The molecule has 7 heteroatoms.